The maximum absolute atomic E-state index is 10.6. The van der Waals surface area contributed by atoms with Crippen LogP contribution in [0.1, 0.15) is 27.8 Å². The van der Waals surface area contributed by atoms with Crippen molar-refractivity contribution in [2.24, 2.45) is 11.5 Å². The minimum Gasteiger partial charge on any atom is -0.370 e. The molecule has 0 aliphatic heterocycles. The van der Waals surface area contributed by atoms with Crippen molar-refractivity contribution in [1.82, 2.24) is 0 Å². The number of nitrogens with two attached hydrogens (primary N) is 2. The van der Waals surface area contributed by atoms with Gasteiger partial charge >= 0.3 is 0 Å². The van der Waals surface area contributed by atoms with Crippen molar-refractivity contribution < 1.29 is 4.79 Å². The first-order valence-corrected chi connectivity index (χ1v) is 4.93. The summed E-state index contributed by atoms with van der Waals surface area (Å²) in [5.74, 6) is -0.349. The van der Waals surface area contributed by atoms with Crippen LogP contribution in [0.2, 0.25) is 0 Å². The molecule has 0 aliphatic carbocycles. The van der Waals surface area contributed by atoms with Crippen LogP contribution in [0.3, 0.4) is 0 Å². The number of carbonyl (C=O) groups is 1. The Labute approximate surface area is 81.7 Å². The van der Waals surface area contributed by atoms with Crippen molar-refractivity contribution in [3.63, 3.8) is 0 Å². The summed E-state index contributed by atoms with van der Waals surface area (Å²) in [5, 5.41) is 0. The van der Waals surface area contributed by atoms with Gasteiger partial charge in [-0.2, -0.15) is 0 Å². The number of carbonyl (C=O) groups excluding carboxylic acids is 1. The third-order valence-electron chi connectivity index (χ3n) is 1.84. The molecule has 0 saturated carbocycles. The van der Waals surface area contributed by atoms with E-state index in [-0.39, 0.29) is 18.4 Å². The van der Waals surface area contributed by atoms with E-state index in [1.807, 2.05) is 13.8 Å². The average molecular weight is 198 g/mol. The highest BCUT2D eigenvalue weighted by Crippen LogP contribution is 2.27. The van der Waals surface area contributed by atoms with Gasteiger partial charge in [-0.3, -0.25) is 4.79 Å². The molecule has 0 radical (unpaired) electrons. The Morgan fingerprint density at radius 2 is 2.23 bits per heavy atom. The second kappa shape index (κ2) is 3.89. The molecule has 0 spiro atoms. The standard InChI is InChI=1S/C9H14N2OS/c1-5-3-6(2)13-9(5)7(10)4-8(11)12/h3,7H,4,10H2,1-2H3,(H2,11,12)/t7-/m0/s1. The normalized spacial score (nSPS) is 12.8. The first-order valence-electron chi connectivity index (χ1n) is 4.11. The lowest BCUT2D eigenvalue weighted by atomic mass is 10.1. The highest BCUT2D eigenvalue weighted by molar-refractivity contribution is 7.12. The van der Waals surface area contributed by atoms with E-state index in [0.29, 0.717) is 0 Å². The van der Waals surface area contributed by atoms with E-state index in [1.54, 1.807) is 11.3 Å². The highest BCUT2D eigenvalue weighted by atomic mass is 32.1. The molecule has 0 fully saturated rings. The molecular weight excluding hydrogens is 184 g/mol. The fourth-order valence-electron chi connectivity index (χ4n) is 1.34. The highest BCUT2D eigenvalue weighted by Gasteiger charge is 2.13. The lowest BCUT2D eigenvalue weighted by Crippen LogP contribution is -2.20. The molecule has 1 amide bonds. The van der Waals surface area contributed by atoms with Crippen LogP contribution in [0.4, 0.5) is 0 Å². The summed E-state index contributed by atoms with van der Waals surface area (Å²) in [6, 6.07) is 1.83. The molecule has 0 saturated heterocycles. The Morgan fingerprint density at radius 3 is 2.62 bits per heavy atom. The zero-order chi connectivity index (χ0) is 10.0. The summed E-state index contributed by atoms with van der Waals surface area (Å²) in [5.41, 5.74) is 12.0. The van der Waals surface area contributed by atoms with Crippen LogP contribution in [0.15, 0.2) is 6.07 Å². The second-order valence-electron chi connectivity index (χ2n) is 3.18. The number of hydrogen-bond acceptors (Lipinski definition) is 3. The lowest BCUT2D eigenvalue weighted by molar-refractivity contribution is -0.118. The molecular formula is C9H14N2OS. The number of rotatable bonds is 3. The summed E-state index contributed by atoms with van der Waals surface area (Å²) < 4.78 is 0. The van der Waals surface area contributed by atoms with Gasteiger partial charge in [0.1, 0.15) is 0 Å². The predicted octanol–water partition coefficient (Wildman–Crippen LogP) is 1.24. The Balaban J connectivity index is 2.81. The van der Waals surface area contributed by atoms with E-state index in [4.69, 9.17) is 11.5 Å². The minimum absolute atomic E-state index is 0.223. The molecule has 1 atom stereocenters. The van der Waals surface area contributed by atoms with Gasteiger partial charge in [0.25, 0.3) is 0 Å². The van der Waals surface area contributed by atoms with E-state index in [9.17, 15) is 4.79 Å². The smallest absolute Gasteiger partial charge is 0.219 e. The molecule has 0 aliphatic rings. The van der Waals surface area contributed by atoms with Gasteiger partial charge in [-0.15, -0.1) is 11.3 Å². The predicted molar refractivity (Wildman–Crippen MR) is 54.5 cm³/mol. The molecule has 1 aromatic heterocycles. The van der Waals surface area contributed by atoms with Gasteiger partial charge in [0, 0.05) is 22.2 Å². The van der Waals surface area contributed by atoms with E-state index in [0.717, 1.165) is 10.4 Å². The monoisotopic (exact) mass is 198 g/mol. The molecule has 4 heteroatoms. The van der Waals surface area contributed by atoms with Crippen molar-refractivity contribution in [2.45, 2.75) is 26.3 Å². The van der Waals surface area contributed by atoms with E-state index >= 15 is 0 Å². The number of thiophene rings is 1. The first-order chi connectivity index (χ1) is 6.00. The molecule has 0 unspecified atom stereocenters. The fourth-order valence-corrected chi connectivity index (χ4v) is 2.37. The lowest BCUT2D eigenvalue weighted by Gasteiger charge is -2.07. The van der Waals surface area contributed by atoms with Crippen LogP contribution < -0.4 is 11.5 Å². The third kappa shape index (κ3) is 2.54. The average Bonchev–Trinajstić information content (AvgIpc) is 2.28. The van der Waals surface area contributed by atoms with Crippen LogP contribution >= 0.6 is 11.3 Å². The summed E-state index contributed by atoms with van der Waals surface area (Å²) in [7, 11) is 0. The molecule has 72 valence electrons. The maximum Gasteiger partial charge on any atom is 0.219 e. The molecule has 13 heavy (non-hydrogen) atoms. The van der Waals surface area contributed by atoms with Gasteiger partial charge in [0.15, 0.2) is 0 Å². The van der Waals surface area contributed by atoms with Crippen molar-refractivity contribution in [3.05, 3.63) is 21.4 Å². The molecule has 0 bridgehead atoms. The Kier molecular flexibility index (Phi) is 3.06. The fraction of sp³-hybridized carbons (Fsp3) is 0.444. The largest absolute Gasteiger partial charge is 0.370 e. The summed E-state index contributed by atoms with van der Waals surface area (Å²) in [6.45, 7) is 4.03. The van der Waals surface area contributed by atoms with Crippen molar-refractivity contribution >= 4 is 17.2 Å². The quantitative estimate of drug-likeness (QED) is 0.767. The first kappa shape index (κ1) is 10.2. The SMILES string of the molecule is Cc1cc(C)c([C@@H](N)CC(N)=O)s1. The molecule has 0 aromatic carbocycles. The zero-order valence-corrected chi connectivity index (χ0v) is 8.65. The van der Waals surface area contributed by atoms with Gasteiger partial charge in [0.05, 0.1) is 0 Å². The van der Waals surface area contributed by atoms with Crippen LogP contribution in [-0.2, 0) is 4.79 Å². The second-order valence-corrected chi connectivity index (χ2v) is 4.47. The summed E-state index contributed by atoms with van der Waals surface area (Å²) in [4.78, 5) is 12.9. The molecule has 1 rings (SSSR count). The van der Waals surface area contributed by atoms with Gasteiger partial charge < -0.3 is 11.5 Å². The molecule has 1 heterocycles. The number of primary amides is 1. The third-order valence-corrected chi connectivity index (χ3v) is 3.12. The Morgan fingerprint density at radius 1 is 1.62 bits per heavy atom. The van der Waals surface area contributed by atoms with Crippen molar-refractivity contribution in [3.8, 4) is 0 Å². The molecule has 3 nitrogen and oxygen atoms in total. The molecule has 1 aromatic rings. The van der Waals surface area contributed by atoms with Crippen LogP contribution in [-0.4, -0.2) is 5.91 Å². The minimum atomic E-state index is -0.349. The van der Waals surface area contributed by atoms with Crippen LogP contribution in [0.25, 0.3) is 0 Å². The molecule has 4 N–H and O–H groups in total. The van der Waals surface area contributed by atoms with E-state index < -0.39 is 0 Å². The maximum atomic E-state index is 10.6. The Bertz CT molecular complexity index is 319. The topological polar surface area (TPSA) is 69.1 Å². The van der Waals surface area contributed by atoms with Crippen LogP contribution in [0.5, 0.6) is 0 Å². The van der Waals surface area contributed by atoms with Gasteiger partial charge in [-0.25, -0.2) is 0 Å². The van der Waals surface area contributed by atoms with Crippen LogP contribution in [0, 0.1) is 13.8 Å². The zero-order valence-electron chi connectivity index (χ0n) is 7.83. The van der Waals surface area contributed by atoms with E-state index in [2.05, 4.69) is 6.07 Å². The van der Waals surface area contributed by atoms with Gasteiger partial charge in [0.2, 0.25) is 5.91 Å². The van der Waals surface area contributed by atoms with Gasteiger partial charge in [-0.1, -0.05) is 0 Å². The number of hydrogen-bond donors (Lipinski definition) is 2. The number of amides is 1. The Hall–Kier alpha value is -0.870. The number of aryl methyl sites for hydroxylation is 2. The summed E-state index contributed by atoms with van der Waals surface area (Å²) in [6.07, 6.45) is 0.223. The van der Waals surface area contributed by atoms with E-state index in [1.165, 1.54) is 4.88 Å². The summed E-state index contributed by atoms with van der Waals surface area (Å²) >= 11 is 1.63. The van der Waals surface area contributed by atoms with Crippen molar-refractivity contribution in [2.75, 3.05) is 0 Å². The van der Waals surface area contributed by atoms with Gasteiger partial charge in [-0.05, 0) is 25.5 Å². The van der Waals surface area contributed by atoms with Crippen molar-refractivity contribution in [1.29, 1.82) is 0 Å².